The molecule has 6 heteroatoms. The zero-order valence-electron chi connectivity index (χ0n) is 20.1. The summed E-state index contributed by atoms with van der Waals surface area (Å²) in [6.45, 7) is 6.71. The van der Waals surface area contributed by atoms with Crippen molar-refractivity contribution in [2.24, 2.45) is 0 Å². The van der Waals surface area contributed by atoms with Crippen LogP contribution >= 0.6 is 0 Å². The van der Waals surface area contributed by atoms with Crippen molar-refractivity contribution in [2.75, 3.05) is 26.9 Å². The van der Waals surface area contributed by atoms with Crippen LogP contribution in [0.1, 0.15) is 103 Å². The minimum atomic E-state index is -0.765. The maximum absolute atomic E-state index is 12.2. The maximum atomic E-state index is 12.2. The molecule has 31 heavy (non-hydrogen) atoms. The Labute approximate surface area is 190 Å². The predicted molar refractivity (Wildman–Crippen MR) is 126 cm³/mol. The molecule has 0 bridgehead atoms. The molecule has 1 N–H and O–H groups in total. The van der Waals surface area contributed by atoms with Crippen molar-refractivity contribution in [3.63, 3.8) is 0 Å². The number of hydrogen-bond acceptors (Lipinski definition) is 5. The summed E-state index contributed by atoms with van der Waals surface area (Å²) in [5, 5.41) is 2.52. The van der Waals surface area contributed by atoms with Crippen LogP contribution in [0.4, 0.5) is 4.79 Å². The molecule has 182 valence electrons. The SMILES string of the molecule is C=CCC(NC(=O)OCCOC)C(=O)OCCCCCCCCCCCCCCCC. The van der Waals surface area contributed by atoms with E-state index in [0.717, 1.165) is 12.8 Å². The second-order valence-corrected chi connectivity index (χ2v) is 8.11. The van der Waals surface area contributed by atoms with E-state index in [1.54, 1.807) is 6.08 Å². The molecule has 0 rings (SSSR count). The Morgan fingerprint density at radius 2 is 1.29 bits per heavy atom. The molecule has 0 aliphatic rings. The van der Waals surface area contributed by atoms with Crippen LogP contribution < -0.4 is 5.32 Å². The summed E-state index contributed by atoms with van der Waals surface area (Å²) in [7, 11) is 1.52. The molecule has 0 aromatic rings. The van der Waals surface area contributed by atoms with Crippen molar-refractivity contribution in [2.45, 2.75) is 109 Å². The molecule has 1 unspecified atom stereocenters. The zero-order chi connectivity index (χ0) is 23.0. The number of rotatable bonds is 22. The van der Waals surface area contributed by atoms with E-state index in [1.165, 1.54) is 84.2 Å². The van der Waals surface area contributed by atoms with Gasteiger partial charge in [-0.25, -0.2) is 9.59 Å². The number of esters is 1. The summed E-state index contributed by atoms with van der Waals surface area (Å²) in [4.78, 5) is 23.9. The molecule has 0 radical (unpaired) electrons. The van der Waals surface area contributed by atoms with E-state index in [1.807, 2.05) is 0 Å². The standard InChI is InChI=1S/C25H47NO5/c1-4-6-7-8-9-10-11-12-13-14-15-16-17-18-20-30-24(27)23(19-5-2)26-25(28)31-22-21-29-3/h5,23H,2,4,6-22H2,1,3H3,(H,26,28). The largest absolute Gasteiger partial charge is 0.464 e. The first-order chi connectivity index (χ1) is 15.2. The van der Waals surface area contributed by atoms with Gasteiger partial charge in [0.25, 0.3) is 0 Å². The van der Waals surface area contributed by atoms with Crippen molar-refractivity contribution >= 4 is 12.1 Å². The number of nitrogens with one attached hydrogen (secondary N) is 1. The summed E-state index contributed by atoms with van der Waals surface area (Å²) in [6, 6.07) is -0.765. The van der Waals surface area contributed by atoms with Gasteiger partial charge in [0, 0.05) is 7.11 Å². The van der Waals surface area contributed by atoms with Gasteiger partial charge in [0.2, 0.25) is 0 Å². The average molecular weight is 442 g/mol. The van der Waals surface area contributed by atoms with Gasteiger partial charge in [0.15, 0.2) is 0 Å². The van der Waals surface area contributed by atoms with E-state index in [0.29, 0.717) is 19.6 Å². The molecular weight excluding hydrogens is 394 g/mol. The van der Waals surface area contributed by atoms with Crippen LogP contribution in [0.15, 0.2) is 12.7 Å². The highest BCUT2D eigenvalue weighted by molar-refractivity contribution is 5.81. The molecule has 0 aliphatic heterocycles. The summed E-state index contributed by atoms with van der Waals surface area (Å²) in [6.07, 6.45) is 19.2. The predicted octanol–water partition coefficient (Wildman–Crippen LogP) is 6.33. The minimum Gasteiger partial charge on any atom is -0.464 e. The number of amides is 1. The molecule has 0 fully saturated rings. The fraction of sp³-hybridized carbons (Fsp3) is 0.840. The van der Waals surface area contributed by atoms with Gasteiger partial charge >= 0.3 is 12.1 Å². The molecule has 1 atom stereocenters. The van der Waals surface area contributed by atoms with Crippen LogP contribution in [0.25, 0.3) is 0 Å². The molecule has 0 aromatic carbocycles. The smallest absolute Gasteiger partial charge is 0.407 e. The van der Waals surface area contributed by atoms with E-state index in [4.69, 9.17) is 14.2 Å². The molecule has 0 aromatic heterocycles. The molecule has 6 nitrogen and oxygen atoms in total. The lowest BCUT2D eigenvalue weighted by Crippen LogP contribution is -2.42. The van der Waals surface area contributed by atoms with E-state index in [9.17, 15) is 9.59 Å². The summed E-state index contributed by atoms with van der Waals surface area (Å²) in [5.41, 5.74) is 0. The third-order valence-electron chi connectivity index (χ3n) is 5.24. The Hall–Kier alpha value is -1.56. The average Bonchev–Trinajstić information content (AvgIpc) is 2.76. The Morgan fingerprint density at radius 1 is 0.774 bits per heavy atom. The summed E-state index contributed by atoms with van der Waals surface area (Å²) < 4.78 is 15.0. The molecule has 0 aliphatic carbocycles. The highest BCUT2D eigenvalue weighted by Crippen LogP contribution is 2.13. The van der Waals surface area contributed by atoms with Crippen LogP contribution in [0.2, 0.25) is 0 Å². The lowest BCUT2D eigenvalue weighted by molar-refractivity contribution is -0.146. The highest BCUT2D eigenvalue weighted by atomic mass is 16.6. The van der Waals surface area contributed by atoms with E-state index < -0.39 is 18.1 Å². The van der Waals surface area contributed by atoms with Gasteiger partial charge in [0.1, 0.15) is 12.6 Å². The summed E-state index contributed by atoms with van der Waals surface area (Å²) in [5.74, 6) is -0.446. The number of carbonyl (C=O) groups is 2. The van der Waals surface area contributed by atoms with Crippen LogP contribution in [0.3, 0.4) is 0 Å². The Balaban J connectivity index is 3.61. The minimum absolute atomic E-state index is 0.136. The molecule has 1 amide bonds. The first-order valence-electron chi connectivity index (χ1n) is 12.3. The highest BCUT2D eigenvalue weighted by Gasteiger charge is 2.21. The van der Waals surface area contributed by atoms with Crippen LogP contribution in [0, 0.1) is 0 Å². The van der Waals surface area contributed by atoms with Gasteiger partial charge in [-0.05, 0) is 12.8 Å². The topological polar surface area (TPSA) is 73.9 Å². The van der Waals surface area contributed by atoms with Crippen LogP contribution in [-0.2, 0) is 19.0 Å². The van der Waals surface area contributed by atoms with Crippen LogP contribution in [0.5, 0.6) is 0 Å². The zero-order valence-corrected chi connectivity index (χ0v) is 20.1. The van der Waals surface area contributed by atoms with Crippen molar-refractivity contribution in [1.82, 2.24) is 5.32 Å². The number of alkyl carbamates (subject to hydrolysis) is 1. The lowest BCUT2D eigenvalue weighted by Gasteiger charge is -2.16. The Kier molecular flexibility index (Phi) is 21.9. The van der Waals surface area contributed by atoms with Crippen LogP contribution in [-0.4, -0.2) is 45.0 Å². The second kappa shape index (κ2) is 23.1. The first-order valence-corrected chi connectivity index (χ1v) is 12.3. The monoisotopic (exact) mass is 441 g/mol. The maximum Gasteiger partial charge on any atom is 0.407 e. The van der Waals surface area contributed by atoms with E-state index in [2.05, 4.69) is 18.8 Å². The summed E-state index contributed by atoms with van der Waals surface area (Å²) >= 11 is 0. The van der Waals surface area contributed by atoms with E-state index >= 15 is 0 Å². The second-order valence-electron chi connectivity index (χ2n) is 8.11. The normalized spacial score (nSPS) is 11.7. The molecule has 0 heterocycles. The fourth-order valence-corrected chi connectivity index (χ4v) is 3.35. The number of carbonyl (C=O) groups excluding carboxylic acids is 2. The quantitative estimate of drug-likeness (QED) is 0.121. The van der Waals surface area contributed by atoms with Gasteiger partial charge in [-0.2, -0.15) is 0 Å². The van der Waals surface area contributed by atoms with Gasteiger partial charge in [-0.15, -0.1) is 6.58 Å². The molecule has 0 spiro atoms. The number of unbranched alkanes of at least 4 members (excludes halogenated alkanes) is 13. The van der Waals surface area contributed by atoms with Crippen molar-refractivity contribution in [1.29, 1.82) is 0 Å². The Morgan fingerprint density at radius 3 is 1.77 bits per heavy atom. The van der Waals surface area contributed by atoms with Gasteiger partial charge in [-0.1, -0.05) is 96.5 Å². The Bertz CT molecular complexity index is 442. The fourth-order valence-electron chi connectivity index (χ4n) is 3.35. The van der Waals surface area contributed by atoms with Crippen molar-refractivity contribution in [3.05, 3.63) is 12.7 Å². The molecule has 0 saturated heterocycles. The van der Waals surface area contributed by atoms with Gasteiger partial charge in [0.05, 0.1) is 13.2 Å². The molecule has 0 saturated carbocycles. The van der Waals surface area contributed by atoms with Crippen molar-refractivity contribution < 1.29 is 23.8 Å². The van der Waals surface area contributed by atoms with Crippen molar-refractivity contribution in [3.8, 4) is 0 Å². The van der Waals surface area contributed by atoms with Gasteiger partial charge in [-0.3, -0.25) is 0 Å². The number of ether oxygens (including phenoxy) is 3. The van der Waals surface area contributed by atoms with Gasteiger partial charge < -0.3 is 19.5 Å². The number of methoxy groups -OCH3 is 1. The number of hydrogen-bond donors (Lipinski definition) is 1. The molecular formula is C25H47NO5. The lowest BCUT2D eigenvalue weighted by atomic mass is 10.0. The third kappa shape index (κ3) is 20.1. The van der Waals surface area contributed by atoms with E-state index in [-0.39, 0.29) is 6.61 Å². The third-order valence-corrected chi connectivity index (χ3v) is 5.24. The first kappa shape index (κ1) is 29.4.